The van der Waals surface area contributed by atoms with Crippen LogP contribution in [0.3, 0.4) is 0 Å². The van der Waals surface area contributed by atoms with Gasteiger partial charge >= 0.3 is 25.7 Å². The SMILES string of the molecule is CCCCCCCCCCCCCCCCCCCCC(=O)OC[C@@H](COP(=O)(O)OC[C@@H](N)C(=O)O)OC(=O)CCCCCCCCCCCCCCC. The smallest absolute Gasteiger partial charge is 0.472 e. The molecule has 0 fully saturated rings. The molecule has 0 saturated carbocycles. The Balaban J connectivity index is 4.26. The number of aliphatic carboxylic acids is 1. The van der Waals surface area contributed by atoms with Crippen LogP contribution in [0.25, 0.3) is 0 Å². The molecule has 0 aromatic heterocycles. The highest BCUT2D eigenvalue weighted by molar-refractivity contribution is 7.47. The minimum Gasteiger partial charge on any atom is -0.480 e. The first kappa shape index (κ1) is 53.5. The summed E-state index contributed by atoms with van der Waals surface area (Å²) in [5.41, 5.74) is 5.33. The van der Waals surface area contributed by atoms with Crippen molar-refractivity contribution in [1.82, 2.24) is 0 Å². The zero-order valence-electron chi connectivity index (χ0n) is 35.3. The predicted octanol–water partition coefficient (Wildman–Crippen LogP) is 11.9. The monoisotopic (exact) mass is 806 g/mol. The Morgan fingerprint density at radius 3 is 1.15 bits per heavy atom. The van der Waals surface area contributed by atoms with Gasteiger partial charge in [0.25, 0.3) is 0 Å². The van der Waals surface area contributed by atoms with Crippen molar-refractivity contribution in [3.8, 4) is 0 Å². The van der Waals surface area contributed by atoms with Crippen LogP contribution in [0.2, 0.25) is 0 Å². The Kier molecular flexibility index (Phi) is 38.2. The molecule has 0 aliphatic carbocycles. The van der Waals surface area contributed by atoms with Crippen LogP contribution >= 0.6 is 7.82 Å². The number of phosphoric acid groups is 1. The highest BCUT2D eigenvalue weighted by Crippen LogP contribution is 2.43. The van der Waals surface area contributed by atoms with E-state index in [1.54, 1.807) is 0 Å². The number of carboxylic acids is 1. The third kappa shape index (κ3) is 39.1. The van der Waals surface area contributed by atoms with Gasteiger partial charge in [0, 0.05) is 12.8 Å². The van der Waals surface area contributed by atoms with Crippen LogP contribution in [0.4, 0.5) is 0 Å². The van der Waals surface area contributed by atoms with E-state index in [9.17, 15) is 23.8 Å². The van der Waals surface area contributed by atoms with Crippen molar-refractivity contribution in [3.05, 3.63) is 0 Å². The molecule has 0 aromatic rings. The molecule has 326 valence electrons. The summed E-state index contributed by atoms with van der Waals surface area (Å²) in [6.07, 6.45) is 37.3. The average molecular weight is 806 g/mol. The summed E-state index contributed by atoms with van der Waals surface area (Å²) in [4.78, 5) is 45.9. The van der Waals surface area contributed by atoms with Crippen molar-refractivity contribution < 1.29 is 47.5 Å². The molecule has 3 atom stereocenters. The summed E-state index contributed by atoms with van der Waals surface area (Å²) >= 11 is 0. The van der Waals surface area contributed by atoms with Gasteiger partial charge in [-0.25, -0.2) is 4.57 Å². The topological polar surface area (TPSA) is 172 Å². The maximum absolute atomic E-state index is 12.6. The number of carboxylic acid groups (broad SMARTS) is 1. The van der Waals surface area contributed by atoms with E-state index in [-0.39, 0.29) is 19.4 Å². The molecule has 4 N–H and O–H groups in total. The highest BCUT2D eigenvalue weighted by Gasteiger charge is 2.28. The first-order chi connectivity index (χ1) is 26.6. The van der Waals surface area contributed by atoms with Crippen LogP contribution < -0.4 is 5.73 Å². The van der Waals surface area contributed by atoms with Crippen LogP contribution in [0.1, 0.15) is 226 Å². The van der Waals surface area contributed by atoms with Crippen molar-refractivity contribution in [2.45, 2.75) is 238 Å². The maximum Gasteiger partial charge on any atom is 0.472 e. The maximum atomic E-state index is 12.6. The molecule has 0 spiro atoms. The molecule has 0 amide bonds. The van der Waals surface area contributed by atoms with Gasteiger partial charge in [0.05, 0.1) is 13.2 Å². The molecule has 1 unspecified atom stereocenters. The van der Waals surface area contributed by atoms with Crippen molar-refractivity contribution in [3.63, 3.8) is 0 Å². The van der Waals surface area contributed by atoms with E-state index < -0.39 is 51.1 Å². The van der Waals surface area contributed by atoms with Gasteiger partial charge in [-0.05, 0) is 12.8 Å². The highest BCUT2D eigenvalue weighted by atomic mass is 31.2. The van der Waals surface area contributed by atoms with Crippen LogP contribution in [0, 0.1) is 0 Å². The summed E-state index contributed by atoms with van der Waals surface area (Å²) in [7, 11) is -4.71. The molecule has 0 radical (unpaired) electrons. The average Bonchev–Trinajstić information content (AvgIpc) is 3.16. The molecule has 0 aliphatic heterocycles. The van der Waals surface area contributed by atoms with Crippen LogP contribution in [-0.2, 0) is 37.5 Å². The first-order valence-electron chi connectivity index (χ1n) is 22.6. The molecule has 0 rings (SSSR count). The standard InChI is InChI=1S/C43H84NO10P/c1-3-5-7-9-11-13-15-17-18-19-20-21-23-24-26-28-30-32-34-41(45)51-36-39(37-52-55(49,50)53-38-40(44)43(47)48)54-42(46)35-33-31-29-27-25-22-16-14-12-10-8-6-4-2/h39-40H,3-38,44H2,1-2H3,(H,47,48)(H,49,50)/t39-,40+/m0/s1. The number of carbonyl (C=O) groups is 3. The molecular weight excluding hydrogens is 721 g/mol. The van der Waals surface area contributed by atoms with Crippen molar-refractivity contribution >= 4 is 25.7 Å². The van der Waals surface area contributed by atoms with Crippen molar-refractivity contribution in [1.29, 1.82) is 0 Å². The lowest BCUT2D eigenvalue weighted by molar-refractivity contribution is -0.161. The van der Waals surface area contributed by atoms with E-state index >= 15 is 0 Å². The van der Waals surface area contributed by atoms with Crippen molar-refractivity contribution in [2.75, 3.05) is 19.8 Å². The van der Waals surface area contributed by atoms with Crippen LogP contribution in [0.15, 0.2) is 0 Å². The Morgan fingerprint density at radius 2 is 0.800 bits per heavy atom. The van der Waals surface area contributed by atoms with Gasteiger partial charge in [-0.15, -0.1) is 0 Å². The van der Waals surface area contributed by atoms with Gasteiger partial charge in [0.1, 0.15) is 12.6 Å². The number of esters is 2. The van der Waals surface area contributed by atoms with Gasteiger partial charge in [-0.2, -0.15) is 0 Å². The number of nitrogens with two attached hydrogens (primary N) is 1. The van der Waals surface area contributed by atoms with E-state index in [0.29, 0.717) is 12.8 Å². The van der Waals surface area contributed by atoms with Crippen LogP contribution in [0.5, 0.6) is 0 Å². The van der Waals surface area contributed by atoms with E-state index in [2.05, 4.69) is 18.4 Å². The second-order valence-corrected chi connectivity index (χ2v) is 17.0. The Morgan fingerprint density at radius 1 is 0.491 bits per heavy atom. The quantitative estimate of drug-likeness (QED) is 0.0304. The summed E-state index contributed by atoms with van der Waals surface area (Å²) in [6, 6.07) is -1.52. The van der Waals surface area contributed by atoms with E-state index in [4.69, 9.17) is 24.8 Å². The zero-order chi connectivity index (χ0) is 40.7. The predicted molar refractivity (Wildman–Crippen MR) is 222 cm³/mol. The molecule has 12 heteroatoms. The van der Waals surface area contributed by atoms with E-state index in [0.717, 1.165) is 38.5 Å². The molecular formula is C43H84NO10P. The summed E-state index contributed by atoms with van der Waals surface area (Å²) in [5, 5.41) is 8.88. The second-order valence-electron chi connectivity index (χ2n) is 15.6. The van der Waals surface area contributed by atoms with Crippen LogP contribution in [-0.4, -0.2) is 59.9 Å². The molecule has 55 heavy (non-hydrogen) atoms. The van der Waals surface area contributed by atoms with E-state index in [1.807, 2.05) is 0 Å². The zero-order valence-corrected chi connectivity index (χ0v) is 36.2. The molecule has 11 nitrogen and oxygen atoms in total. The largest absolute Gasteiger partial charge is 0.480 e. The minimum absolute atomic E-state index is 0.169. The van der Waals surface area contributed by atoms with Gasteiger partial charge in [0.2, 0.25) is 0 Å². The number of ether oxygens (including phenoxy) is 2. The Labute approximate surface area is 335 Å². The number of unbranched alkanes of at least 4 members (excludes halogenated alkanes) is 29. The lowest BCUT2D eigenvalue weighted by Gasteiger charge is -2.20. The number of hydrogen-bond donors (Lipinski definition) is 3. The number of carbonyl (C=O) groups excluding carboxylic acids is 2. The van der Waals surface area contributed by atoms with Gasteiger partial charge < -0.3 is 25.2 Å². The third-order valence-corrected chi connectivity index (χ3v) is 11.1. The molecule has 0 aromatic carbocycles. The van der Waals surface area contributed by atoms with Gasteiger partial charge in [-0.1, -0.05) is 200 Å². The molecule has 0 aliphatic rings. The molecule has 0 bridgehead atoms. The van der Waals surface area contributed by atoms with Gasteiger partial charge in [-0.3, -0.25) is 23.4 Å². The summed E-state index contributed by atoms with van der Waals surface area (Å²) < 4.78 is 32.7. The second kappa shape index (κ2) is 39.3. The number of phosphoric ester groups is 1. The lowest BCUT2D eigenvalue weighted by atomic mass is 10.0. The minimum atomic E-state index is -4.71. The summed E-state index contributed by atoms with van der Waals surface area (Å²) in [5.74, 6) is -2.36. The molecule has 0 saturated heterocycles. The number of hydrogen-bond acceptors (Lipinski definition) is 9. The van der Waals surface area contributed by atoms with Crippen molar-refractivity contribution in [2.24, 2.45) is 5.73 Å². The summed E-state index contributed by atoms with van der Waals surface area (Å²) in [6.45, 7) is 2.84. The normalized spacial score (nSPS) is 13.7. The fourth-order valence-electron chi connectivity index (χ4n) is 6.54. The fraction of sp³-hybridized carbons (Fsp3) is 0.930. The van der Waals surface area contributed by atoms with E-state index in [1.165, 1.54) is 148 Å². The fourth-order valence-corrected chi connectivity index (χ4v) is 7.32. The lowest BCUT2D eigenvalue weighted by Crippen LogP contribution is -2.34. The first-order valence-corrected chi connectivity index (χ1v) is 24.1. The van der Waals surface area contributed by atoms with Gasteiger partial charge in [0.15, 0.2) is 6.10 Å². The number of rotatable bonds is 43. The Bertz CT molecular complexity index is 952. The third-order valence-electron chi connectivity index (χ3n) is 10.1. The Hall–Kier alpha value is -1.52. The molecule has 0 heterocycles.